The van der Waals surface area contributed by atoms with Crippen LogP contribution in [0, 0.1) is 5.92 Å². The van der Waals surface area contributed by atoms with Crippen LogP contribution in [0.4, 0.5) is 4.79 Å². The zero-order valence-corrected chi connectivity index (χ0v) is 6.56. The molecular weight excluding hydrogens is 162 g/mol. The molecule has 12 heavy (non-hydrogen) atoms. The maximum atomic E-state index is 10.5. The predicted octanol–water partition coefficient (Wildman–Crippen LogP) is 0.461. The molecule has 1 atom stereocenters. The summed E-state index contributed by atoms with van der Waals surface area (Å²) >= 11 is 0. The molecule has 0 aromatic rings. The van der Waals surface area contributed by atoms with Crippen molar-refractivity contribution in [3.63, 3.8) is 0 Å². The van der Waals surface area contributed by atoms with Crippen LogP contribution in [0.1, 0.15) is 12.8 Å². The SMILES string of the molecule is O=C(O)[C@H]1CCCN(C(=O)O)C1. The van der Waals surface area contributed by atoms with Gasteiger partial charge in [-0.3, -0.25) is 4.79 Å². The zero-order chi connectivity index (χ0) is 9.14. The van der Waals surface area contributed by atoms with Gasteiger partial charge >= 0.3 is 12.1 Å². The van der Waals surface area contributed by atoms with Crippen LogP contribution < -0.4 is 0 Å². The fourth-order valence-electron chi connectivity index (χ4n) is 1.35. The molecule has 0 aromatic heterocycles. The Bertz CT molecular complexity index is 184. The number of carboxylic acids is 1. The lowest BCUT2D eigenvalue weighted by atomic mass is 9.99. The number of likely N-dealkylation sites (tertiary alicyclic amines) is 1. The van der Waals surface area contributed by atoms with Crippen LogP contribution in [0.3, 0.4) is 0 Å². The average Bonchev–Trinajstić information content (AvgIpc) is 2.04. The van der Waals surface area contributed by atoms with E-state index in [1.807, 2.05) is 0 Å². The lowest BCUT2D eigenvalue weighted by Gasteiger charge is -2.27. The number of amides is 1. The predicted molar refractivity (Wildman–Crippen MR) is 40.0 cm³/mol. The van der Waals surface area contributed by atoms with Gasteiger partial charge in [0.15, 0.2) is 0 Å². The Kier molecular flexibility index (Phi) is 2.52. The molecule has 1 saturated heterocycles. The van der Waals surface area contributed by atoms with Crippen LogP contribution in [-0.4, -0.2) is 40.3 Å². The lowest BCUT2D eigenvalue weighted by Crippen LogP contribution is -2.41. The molecule has 5 nitrogen and oxygen atoms in total. The van der Waals surface area contributed by atoms with Gasteiger partial charge in [0.1, 0.15) is 0 Å². The molecule has 1 heterocycles. The molecule has 2 N–H and O–H groups in total. The molecule has 0 aromatic carbocycles. The number of piperidine rings is 1. The topological polar surface area (TPSA) is 77.8 Å². The minimum Gasteiger partial charge on any atom is -0.481 e. The fourth-order valence-corrected chi connectivity index (χ4v) is 1.35. The first kappa shape index (κ1) is 8.83. The van der Waals surface area contributed by atoms with Gasteiger partial charge in [0.2, 0.25) is 0 Å². The second-order valence-corrected chi connectivity index (χ2v) is 2.91. The van der Waals surface area contributed by atoms with Crippen molar-refractivity contribution in [1.82, 2.24) is 4.90 Å². The van der Waals surface area contributed by atoms with Crippen LogP contribution in [0.25, 0.3) is 0 Å². The summed E-state index contributed by atoms with van der Waals surface area (Å²) in [6.07, 6.45) is 0.198. The third-order valence-electron chi connectivity index (χ3n) is 2.04. The van der Waals surface area contributed by atoms with Crippen molar-refractivity contribution in [1.29, 1.82) is 0 Å². The standard InChI is InChI=1S/C7H11NO4/c9-6(10)5-2-1-3-8(4-5)7(11)12/h5H,1-4H2,(H,9,10)(H,11,12)/t5-/m0/s1. The van der Waals surface area contributed by atoms with Crippen molar-refractivity contribution in [2.24, 2.45) is 5.92 Å². The van der Waals surface area contributed by atoms with Gasteiger partial charge in [-0.25, -0.2) is 4.79 Å². The fraction of sp³-hybridized carbons (Fsp3) is 0.714. The number of rotatable bonds is 1. The maximum absolute atomic E-state index is 10.5. The molecule has 1 aliphatic rings. The van der Waals surface area contributed by atoms with Crippen LogP contribution in [0.2, 0.25) is 0 Å². The van der Waals surface area contributed by atoms with E-state index in [1.165, 1.54) is 0 Å². The van der Waals surface area contributed by atoms with Crippen molar-refractivity contribution in [3.05, 3.63) is 0 Å². The number of carbonyl (C=O) groups is 2. The van der Waals surface area contributed by atoms with Crippen molar-refractivity contribution < 1.29 is 19.8 Å². The van der Waals surface area contributed by atoms with E-state index >= 15 is 0 Å². The number of carboxylic acid groups (broad SMARTS) is 2. The Labute approximate surface area is 69.6 Å². The van der Waals surface area contributed by atoms with E-state index in [-0.39, 0.29) is 6.54 Å². The molecule has 0 unspecified atom stereocenters. The molecule has 0 radical (unpaired) electrons. The van der Waals surface area contributed by atoms with Crippen molar-refractivity contribution in [2.45, 2.75) is 12.8 Å². The van der Waals surface area contributed by atoms with E-state index in [0.29, 0.717) is 19.4 Å². The molecule has 1 amide bonds. The first-order valence-corrected chi connectivity index (χ1v) is 3.82. The van der Waals surface area contributed by atoms with Crippen LogP contribution in [0.5, 0.6) is 0 Å². The highest BCUT2D eigenvalue weighted by Gasteiger charge is 2.27. The first-order chi connectivity index (χ1) is 5.61. The monoisotopic (exact) mass is 173 g/mol. The maximum Gasteiger partial charge on any atom is 0.407 e. The van der Waals surface area contributed by atoms with E-state index in [9.17, 15) is 9.59 Å². The van der Waals surface area contributed by atoms with E-state index in [0.717, 1.165) is 4.90 Å². The number of aliphatic carboxylic acids is 1. The molecule has 0 saturated carbocycles. The third kappa shape index (κ3) is 1.87. The van der Waals surface area contributed by atoms with Gasteiger partial charge in [-0.15, -0.1) is 0 Å². The Morgan fingerprint density at radius 3 is 2.50 bits per heavy atom. The van der Waals surface area contributed by atoms with Crippen molar-refractivity contribution >= 4 is 12.1 Å². The summed E-state index contributed by atoms with van der Waals surface area (Å²) in [6, 6.07) is 0. The van der Waals surface area contributed by atoms with Gasteiger partial charge in [0, 0.05) is 13.1 Å². The highest BCUT2D eigenvalue weighted by Crippen LogP contribution is 2.16. The lowest BCUT2D eigenvalue weighted by molar-refractivity contribution is -0.143. The molecule has 0 aliphatic carbocycles. The van der Waals surface area contributed by atoms with Crippen LogP contribution in [-0.2, 0) is 4.79 Å². The van der Waals surface area contributed by atoms with E-state index < -0.39 is 18.0 Å². The summed E-state index contributed by atoms with van der Waals surface area (Å²) in [4.78, 5) is 22.1. The summed E-state index contributed by atoms with van der Waals surface area (Å²) in [6.45, 7) is 0.587. The quantitative estimate of drug-likeness (QED) is 0.603. The van der Waals surface area contributed by atoms with Gasteiger partial charge in [-0.05, 0) is 12.8 Å². The number of hydrogen-bond acceptors (Lipinski definition) is 2. The second kappa shape index (κ2) is 3.42. The molecule has 1 rings (SSSR count). The zero-order valence-electron chi connectivity index (χ0n) is 6.56. The van der Waals surface area contributed by atoms with E-state index in [2.05, 4.69) is 0 Å². The van der Waals surface area contributed by atoms with Gasteiger partial charge in [0.05, 0.1) is 5.92 Å². The minimum atomic E-state index is -1.03. The Hall–Kier alpha value is -1.26. The number of hydrogen-bond donors (Lipinski definition) is 2. The molecule has 0 bridgehead atoms. The first-order valence-electron chi connectivity index (χ1n) is 3.82. The van der Waals surface area contributed by atoms with Crippen LogP contribution >= 0.6 is 0 Å². The Morgan fingerprint density at radius 1 is 1.33 bits per heavy atom. The third-order valence-corrected chi connectivity index (χ3v) is 2.04. The summed E-state index contributed by atoms with van der Waals surface area (Å²) in [5, 5.41) is 17.2. The second-order valence-electron chi connectivity index (χ2n) is 2.91. The smallest absolute Gasteiger partial charge is 0.407 e. The van der Waals surface area contributed by atoms with Crippen molar-refractivity contribution in [2.75, 3.05) is 13.1 Å². The van der Waals surface area contributed by atoms with Crippen molar-refractivity contribution in [3.8, 4) is 0 Å². The minimum absolute atomic E-state index is 0.130. The van der Waals surface area contributed by atoms with Crippen LogP contribution in [0.15, 0.2) is 0 Å². The highest BCUT2D eigenvalue weighted by atomic mass is 16.4. The molecule has 1 aliphatic heterocycles. The summed E-state index contributed by atoms with van der Waals surface area (Å²) in [5.41, 5.74) is 0. The normalized spacial score (nSPS) is 23.7. The Morgan fingerprint density at radius 2 is 2.00 bits per heavy atom. The number of nitrogens with zero attached hydrogens (tertiary/aromatic N) is 1. The van der Waals surface area contributed by atoms with Gasteiger partial charge < -0.3 is 15.1 Å². The summed E-state index contributed by atoms with van der Waals surface area (Å²) in [5.74, 6) is -1.42. The Balaban J connectivity index is 2.51. The molecular formula is C7H11NO4. The van der Waals surface area contributed by atoms with Gasteiger partial charge in [0.25, 0.3) is 0 Å². The highest BCUT2D eigenvalue weighted by molar-refractivity contribution is 5.72. The largest absolute Gasteiger partial charge is 0.481 e. The molecule has 0 spiro atoms. The van der Waals surface area contributed by atoms with E-state index in [4.69, 9.17) is 10.2 Å². The van der Waals surface area contributed by atoms with E-state index in [1.54, 1.807) is 0 Å². The summed E-state index contributed by atoms with van der Waals surface area (Å²) < 4.78 is 0. The molecule has 5 heteroatoms. The van der Waals surface area contributed by atoms with Gasteiger partial charge in [-0.2, -0.15) is 0 Å². The van der Waals surface area contributed by atoms with Gasteiger partial charge in [-0.1, -0.05) is 0 Å². The molecule has 68 valence electrons. The summed E-state index contributed by atoms with van der Waals surface area (Å²) in [7, 11) is 0. The molecule has 1 fully saturated rings. The average molecular weight is 173 g/mol.